The van der Waals surface area contributed by atoms with Crippen molar-refractivity contribution in [3.63, 3.8) is 0 Å². The van der Waals surface area contributed by atoms with Gasteiger partial charge in [0.15, 0.2) is 0 Å². The van der Waals surface area contributed by atoms with Gasteiger partial charge in [0.2, 0.25) is 0 Å². The highest BCUT2D eigenvalue weighted by atomic mass is 14.6. The summed E-state index contributed by atoms with van der Waals surface area (Å²) in [6, 6.07) is 39.8. The molecule has 0 saturated heterocycles. The SMILES string of the molecule is Cc1cncc(-c2ccc(-c3c4ccccc4c(-c4ccc(-c5cc[nH]c5)cc4)c4ccccc34)cc2)c1. The maximum absolute atomic E-state index is 4.38. The largest absolute Gasteiger partial charge is 0.367 e. The number of aromatic nitrogens is 2. The van der Waals surface area contributed by atoms with Gasteiger partial charge < -0.3 is 4.98 Å². The lowest BCUT2D eigenvalue weighted by Gasteiger charge is -2.18. The van der Waals surface area contributed by atoms with Crippen molar-refractivity contribution in [1.82, 2.24) is 9.97 Å². The molecule has 180 valence electrons. The summed E-state index contributed by atoms with van der Waals surface area (Å²) < 4.78 is 0. The molecule has 5 aromatic carbocycles. The quantitative estimate of drug-likeness (QED) is 0.246. The molecule has 1 N–H and O–H groups in total. The van der Waals surface area contributed by atoms with Crippen molar-refractivity contribution in [3.05, 3.63) is 140 Å². The number of rotatable bonds is 4. The second kappa shape index (κ2) is 9.17. The molecule has 2 heteroatoms. The molecule has 38 heavy (non-hydrogen) atoms. The van der Waals surface area contributed by atoms with Gasteiger partial charge in [-0.3, -0.25) is 4.98 Å². The fourth-order valence-electron chi connectivity index (χ4n) is 5.63. The Bertz CT molecular complexity index is 1840. The fraction of sp³-hybridized carbons (Fsp3) is 0.0278. The second-order valence-electron chi connectivity index (χ2n) is 9.85. The van der Waals surface area contributed by atoms with Crippen LogP contribution in [0.15, 0.2) is 134 Å². The van der Waals surface area contributed by atoms with E-state index in [1.165, 1.54) is 66.1 Å². The molecule has 0 fully saturated rings. The summed E-state index contributed by atoms with van der Waals surface area (Å²) >= 11 is 0. The molecule has 0 aliphatic heterocycles. The number of hydrogen-bond acceptors (Lipinski definition) is 1. The fourth-order valence-corrected chi connectivity index (χ4v) is 5.63. The van der Waals surface area contributed by atoms with E-state index < -0.39 is 0 Å². The normalized spacial score (nSPS) is 11.3. The van der Waals surface area contributed by atoms with Crippen LogP contribution in [0.3, 0.4) is 0 Å². The highest BCUT2D eigenvalue weighted by molar-refractivity contribution is 6.21. The van der Waals surface area contributed by atoms with Crippen molar-refractivity contribution in [2.24, 2.45) is 0 Å². The van der Waals surface area contributed by atoms with Crippen molar-refractivity contribution >= 4 is 21.5 Å². The highest BCUT2D eigenvalue weighted by Gasteiger charge is 2.16. The van der Waals surface area contributed by atoms with Crippen LogP contribution in [0.2, 0.25) is 0 Å². The van der Waals surface area contributed by atoms with Gasteiger partial charge in [0.25, 0.3) is 0 Å². The highest BCUT2D eigenvalue weighted by Crippen LogP contribution is 2.44. The maximum atomic E-state index is 4.38. The first kappa shape index (κ1) is 22.3. The van der Waals surface area contributed by atoms with Gasteiger partial charge in [-0.25, -0.2) is 0 Å². The molecule has 2 aromatic heterocycles. The third-order valence-electron chi connectivity index (χ3n) is 7.42. The van der Waals surface area contributed by atoms with E-state index >= 15 is 0 Å². The maximum Gasteiger partial charge on any atom is 0.0346 e. The molecule has 0 unspecified atom stereocenters. The van der Waals surface area contributed by atoms with Crippen LogP contribution >= 0.6 is 0 Å². The average Bonchev–Trinajstić information content (AvgIpc) is 3.51. The predicted molar refractivity (Wildman–Crippen MR) is 160 cm³/mol. The Morgan fingerprint density at radius 1 is 0.474 bits per heavy atom. The van der Waals surface area contributed by atoms with E-state index in [-0.39, 0.29) is 0 Å². The average molecular weight is 487 g/mol. The van der Waals surface area contributed by atoms with Crippen molar-refractivity contribution in [1.29, 1.82) is 0 Å². The van der Waals surface area contributed by atoms with Gasteiger partial charge in [0.1, 0.15) is 0 Å². The molecule has 0 aliphatic carbocycles. The summed E-state index contributed by atoms with van der Waals surface area (Å²) in [5.74, 6) is 0. The van der Waals surface area contributed by atoms with Crippen LogP contribution in [-0.2, 0) is 0 Å². The van der Waals surface area contributed by atoms with Crippen molar-refractivity contribution in [3.8, 4) is 44.5 Å². The van der Waals surface area contributed by atoms with Gasteiger partial charge in [-0.2, -0.15) is 0 Å². The van der Waals surface area contributed by atoms with E-state index in [1.807, 2.05) is 24.8 Å². The zero-order valence-corrected chi connectivity index (χ0v) is 21.1. The van der Waals surface area contributed by atoms with Crippen LogP contribution in [0.25, 0.3) is 66.1 Å². The first-order valence-corrected chi connectivity index (χ1v) is 13.0. The minimum atomic E-state index is 1.14. The minimum absolute atomic E-state index is 1.14. The third-order valence-corrected chi connectivity index (χ3v) is 7.42. The number of benzene rings is 5. The Balaban J connectivity index is 1.43. The summed E-state index contributed by atoms with van der Waals surface area (Å²) in [4.78, 5) is 7.54. The summed E-state index contributed by atoms with van der Waals surface area (Å²) in [6.07, 6.45) is 7.83. The molecule has 0 amide bonds. The molecule has 2 heterocycles. The number of H-pyrrole nitrogens is 1. The van der Waals surface area contributed by atoms with Gasteiger partial charge >= 0.3 is 0 Å². The molecule has 0 radical (unpaired) electrons. The molecule has 0 bridgehead atoms. The number of aromatic amines is 1. The molecule has 7 aromatic rings. The van der Waals surface area contributed by atoms with Gasteiger partial charge in [-0.05, 0) is 85.1 Å². The molecule has 2 nitrogen and oxygen atoms in total. The minimum Gasteiger partial charge on any atom is -0.367 e. The van der Waals surface area contributed by atoms with Gasteiger partial charge in [0.05, 0.1) is 0 Å². The topological polar surface area (TPSA) is 28.7 Å². The Morgan fingerprint density at radius 3 is 1.39 bits per heavy atom. The van der Waals surface area contributed by atoms with Crippen molar-refractivity contribution in [2.75, 3.05) is 0 Å². The van der Waals surface area contributed by atoms with Crippen molar-refractivity contribution in [2.45, 2.75) is 6.92 Å². The van der Waals surface area contributed by atoms with Gasteiger partial charge in [-0.1, -0.05) is 97.1 Å². The molecular weight excluding hydrogens is 460 g/mol. The zero-order valence-electron chi connectivity index (χ0n) is 21.1. The van der Waals surface area contributed by atoms with Gasteiger partial charge in [0, 0.05) is 30.4 Å². The van der Waals surface area contributed by atoms with Crippen LogP contribution < -0.4 is 0 Å². The molecule has 7 rings (SSSR count). The number of nitrogens with one attached hydrogen (secondary N) is 1. The van der Waals surface area contributed by atoms with Crippen LogP contribution in [0.1, 0.15) is 5.56 Å². The van der Waals surface area contributed by atoms with E-state index in [1.54, 1.807) is 0 Å². The monoisotopic (exact) mass is 486 g/mol. The molecule has 0 spiro atoms. The van der Waals surface area contributed by atoms with Crippen LogP contribution in [0.5, 0.6) is 0 Å². The standard InChI is InChI=1S/C36H26N2/c1-24-20-30(23-38-21-24)26-12-16-28(17-13-26)36-33-8-4-2-6-31(33)35(32-7-3-5-9-34(32)36)27-14-10-25(11-15-27)29-18-19-37-22-29/h2-23,37H,1H3. The molecule has 0 atom stereocenters. The summed E-state index contributed by atoms with van der Waals surface area (Å²) in [7, 11) is 0. The number of aryl methyl sites for hydroxylation is 1. The van der Waals surface area contributed by atoms with E-state index in [2.05, 4.69) is 126 Å². The number of pyridine rings is 1. The number of nitrogens with zero attached hydrogens (tertiary/aromatic N) is 1. The Labute approximate surface area is 222 Å². The lowest BCUT2D eigenvalue weighted by atomic mass is 9.85. The van der Waals surface area contributed by atoms with Crippen LogP contribution in [0, 0.1) is 6.92 Å². The Morgan fingerprint density at radius 2 is 0.947 bits per heavy atom. The molecular formula is C36H26N2. The summed E-state index contributed by atoms with van der Waals surface area (Å²) in [5.41, 5.74) is 10.9. The lowest BCUT2D eigenvalue weighted by molar-refractivity contribution is 1.27. The molecule has 0 aliphatic rings. The van der Waals surface area contributed by atoms with Crippen LogP contribution in [0.4, 0.5) is 0 Å². The van der Waals surface area contributed by atoms with E-state index in [0.717, 1.165) is 5.56 Å². The van der Waals surface area contributed by atoms with Crippen LogP contribution in [-0.4, -0.2) is 9.97 Å². The first-order chi connectivity index (χ1) is 18.8. The summed E-state index contributed by atoms with van der Waals surface area (Å²) in [6.45, 7) is 2.08. The van der Waals surface area contributed by atoms with Gasteiger partial charge in [-0.15, -0.1) is 0 Å². The molecule has 0 saturated carbocycles. The second-order valence-corrected chi connectivity index (χ2v) is 9.85. The number of fused-ring (bicyclic) bond motifs is 2. The zero-order chi connectivity index (χ0) is 25.5. The van der Waals surface area contributed by atoms with E-state index in [9.17, 15) is 0 Å². The van der Waals surface area contributed by atoms with Crippen molar-refractivity contribution < 1.29 is 0 Å². The Kier molecular flexibility index (Phi) is 5.37. The third kappa shape index (κ3) is 3.79. The smallest absolute Gasteiger partial charge is 0.0346 e. The van der Waals surface area contributed by atoms with E-state index in [4.69, 9.17) is 0 Å². The summed E-state index contributed by atoms with van der Waals surface area (Å²) in [5, 5.41) is 5.06. The lowest BCUT2D eigenvalue weighted by Crippen LogP contribution is -1.91. The number of hydrogen-bond donors (Lipinski definition) is 1. The van der Waals surface area contributed by atoms with E-state index in [0.29, 0.717) is 0 Å². The Hall–Kier alpha value is -4.95. The first-order valence-electron chi connectivity index (χ1n) is 13.0. The predicted octanol–water partition coefficient (Wildman–Crippen LogP) is 9.69.